The van der Waals surface area contributed by atoms with Crippen molar-refractivity contribution < 1.29 is 4.74 Å². The molecule has 4 nitrogen and oxygen atoms in total. The smallest absolute Gasteiger partial charge is 0.233 e. The fourth-order valence-corrected chi connectivity index (χ4v) is 1.21. The van der Waals surface area contributed by atoms with Crippen LogP contribution >= 0.6 is 0 Å². The van der Waals surface area contributed by atoms with E-state index < -0.39 is 0 Å². The van der Waals surface area contributed by atoms with E-state index in [0.29, 0.717) is 18.5 Å². The third-order valence-corrected chi connectivity index (χ3v) is 2.26. The summed E-state index contributed by atoms with van der Waals surface area (Å²) in [5.41, 5.74) is 6.44. The van der Waals surface area contributed by atoms with Crippen molar-refractivity contribution in [3.05, 3.63) is 17.8 Å². The van der Waals surface area contributed by atoms with E-state index in [0.717, 1.165) is 18.4 Å². The minimum atomic E-state index is 0.349. The van der Waals surface area contributed by atoms with Crippen molar-refractivity contribution in [3.8, 4) is 5.88 Å². The molecule has 2 N–H and O–H groups in total. The van der Waals surface area contributed by atoms with Gasteiger partial charge in [-0.25, -0.2) is 0 Å². The Hall–Kier alpha value is -1.16. The van der Waals surface area contributed by atoms with Crippen molar-refractivity contribution in [2.45, 2.75) is 31.9 Å². The summed E-state index contributed by atoms with van der Waals surface area (Å²) in [4.78, 5) is 0. The lowest BCUT2D eigenvalue weighted by Gasteiger charge is -2.25. The summed E-state index contributed by atoms with van der Waals surface area (Å²) >= 11 is 0. The van der Waals surface area contributed by atoms with E-state index in [1.165, 1.54) is 6.42 Å². The van der Waals surface area contributed by atoms with E-state index in [-0.39, 0.29) is 0 Å². The van der Waals surface area contributed by atoms with Gasteiger partial charge in [-0.3, -0.25) is 0 Å². The number of rotatable bonds is 3. The Kier molecular flexibility index (Phi) is 2.40. The predicted octanol–water partition coefficient (Wildman–Crippen LogP) is 0.867. The zero-order valence-electron chi connectivity index (χ0n) is 7.44. The highest BCUT2D eigenvalue weighted by atomic mass is 16.5. The maximum absolute atomic E-state index is 5.56. The lowest BCUT2D eigenvalue weighted by molar-refractivity contribution is 0.113. The SMILES string of the molecule is NCc1cnnc(OC2CCC2)c1. The van der Waals surface area contributed by atoms with E-state index in [4.69, 9.17) is 10.5 Å². The summed E-state index contributed by atoms with van der Waals surface area (Å²) in [5, 5.41) is 7.69. The van der Waals surface area contributed by atoms with Crippen LogP contribution in [-0.2, 0) is 6.54 Å². The Morgan fingerprint density at radius 1 is 1.54 bits per heavy atom. The summed E-state index contributed by atoms with van der Waals surface area (Å²) in [6.45, 7) is 0.483. The van der Waals surface area contributed by atoms with Gasteiger partial charge in [-0.15, -0.1) is 5.10 Å². The molecule has 1 aromatic heterocycles. The normalized spacial score (nSPS) is 16.7. The molecule has 0 atom stereocenters. The predicted molar refractivity (Wildman–Crippen MR) is 48.2 cm³/mol. The Balaban J connectivity index is 2.01. The largest absolute Gasteiger partial charge is 0.473 e. The Bertz CT molecular complexity index is 286. The number of hydrogen-bond donors (Lipinski definition) is 1. The highest BCUT2D eigenvalue weighted by Gasteiger charge is 2.19. The fraction of sp³-hybridized carbons (Fsp3) is 0.556. The van der Waals surface area contributed by atoms with Crippen LogP contribution in [0.2, 0.25) is 0 Å². The van der Waals surface area contributed by atoms with Crippen molar-refractivity contribution in [2.24, 2.45) is 5.73 Å². The molecule has 0 aromatic carbocycles. The third kappa shape index (κ3) is 1.95. The summed E-state index contributed by atoms with van der Waals surface area (Å²) in [6, 6.07) is 1.85. The molecule has 70 valence electrons. The molecule has 0 spiro atoms. The molecule has 0 saturated heterocycles. The van der Waals surface area contributed by atoms with Crippen LogP contribution in [0.25, 0.3) is 0 Å². The van der Waals surface area contributed by atoms with Crippen LogP contribution in [0.3, 0.4) is 0 Å². The first-order valence-corrected chi connectivity index (χ1v) is 4.57. The molecule has 0 bridgehead atoms. The molecule has 0 unspecified atom stereocenters. The fourth-order valence-electron chi connectivity index (χ4n) is 1.21. The topological polar surface area (TPSA) is 61.0 Å². The zero-order chi connectivity index (χ0) is 9.10. The molecule has 0 radical (unpaired) electrons. The van der Waals surface area contributed by atoms with Crippen molar-refractivity contribution in [1.29, 1.82) is 0 Å². The molecule has 1 fully saturated rings. The number of ether oxygens (including phenoxy) is 1. The molecule has 0 aliphatic heterocycles. The van der Waals surface area contributed by atoms with E-state index in [1.54, 1.807) is 6.20 Å². The first-order chi connectivity index (χ1) is 6.38. The van der Waals surface area contributed by atoms with Gasteiger partial charge in [0.2, 0.25) is 5.88 Å². The number of nitrogens with two attached hydrogens (primary N) is 1. The van der Waals surface area contributed by atoms with Crippen LogP contribution in [0.5, 0.6) is 5.88 Å². The number of aromatic nitrogens is 2. The van der Waals surface area contributed by atoms with Gasteiger partial charge in [-0.2, -0.15) is 5.10 Å². The Morgan fingerprint density at radius 2 is 2.38 bits per heavy atom. The Morgan fingerprint density at radius 3 is 3.00 bits per heavy atom. The van der Waals surface area contributed by atoms with Gasteiger partial charge >= 0.3 is 0 Å². The quantitative estimate of drug-likeness (QED) is 0.747. The monoisotopic (exact) mass is 179 g/mol. The molecule has 4 heteroatoms. The van der Waals surface area contributed by atoms with Gasteiger partial charge in [0.05, 0.1) is 6.20 Å². The van der Waals surface area contributed by atoms with Gasteiger partial charge in [0.1, 0.15) is 6.10 Å². The maximum Gasteiger partial charge on any atom is 0.233 e. The van der Waals surface area contributed by atoms with E-state index in [1.807, 2.05) is 6.07 Å². The average Bonchev–Trinajstić information content (AvgIpc) is 2.12. The van der Waals surface area contributed by atoms with Gasteiger partial charge in [0.25, 0.3) is 0 Å². The summed E-state index contributed by atoms with van der Waals surface area (Å²) in [6.07, 6.45) is 5.54. The van der Waals surface area contributed by atoms with Crippen LogP contribution < -0.4 is 10.5 Å². The molecule has 1 aliphatic carbocycles. The molecule has 1 heterocycles. The molecule has 1 saturated carbocycles. The minimum absolute atomic E-state index is 0.349. The number of nitrogens with zero attached hydrogens (tertiary/aromatic N) is 2. The van der Waals surface area contributed by atoms with Crippen molar-refractivity contribution in [1.82, 2.24) is 10.2 Å². The first kappa shape index (κ1) is 8.44. The van der Waals surface area contributed by atoms with E-state index in [9.17, 15) is 0 Å². The van der Waals surface area contributed by atoms with Crippen LogP contribution in [-0.4, -0.2) is 16.3 Å². The Labute approximate surface area is 77.1 Å². The highest BCUT2D eigenvalue weighted by Crippen LogP contribution is 2.23. The van der Waals surface area contributed by atoms with Crippen LogP contribution in [0.1, 0.15) is 24.8 Å². The van der Waals surface area contributed by atoms with Gasteiger partial charge in [0.15, 0.2) is 0 Å². The lowest BCUT2D eigenvalue weighted by Crippen LogP contribution is -2.25. The average molecular weight is 179 g/mol. The zero-order valence-corrected chi connectivity index (χ0v) is 7.44. The minimum Gasteiger partial charge on any atom is -0.473 e. The van der Waals surface area contributed by atoms with E-state index in [2.05, 4.69) is 10.2 Å². The molecule has 0 amide bonds. The third-order valence-electron chi connectivity index (χ3n) is 2.26. The van der Waals surface area contributed by atoms with Crippen LogP contribution in [0.15, 0.2) is 12.3 Å². The molecular formula is C9H13N3O. The van der Waals surface area contributed by atoms with Crippen molar-refractivity contribution in [2.75, 3.05) is 0 Å². The summed E-state index contributed by atoms with van der Waals surface area (Å²) in [7, 11) is 0. The van der Waals surface area contributed by atoms with Gasteiger partial charge < -0.3 is 10.5 Å². The summed E-state index contributed by atoms with van der Waals surface area (Å²) < 4.78 is 5.56. The second-order valence-electron chi connectivity index (χ2n) is 3.28. The van der Waals surface area contributed by atoms with Crippen LogP contribution in [0.4, 0.5) is 0 Å². The van der Waals surface area contributed by atoms with Gasteiger partial charge in [-0.1, -0.05) is 0 Å². The van der Waals surface area contributed by atoms with Gasteiger partial charge in [-0.05, 0) is 24.8 Å². The summed E-state index contributed by atoms with van der Waals surface area (Å²) in [5.74, 6) is 0.604. The highest BCUT2D eigenvalue weighted by molar-refractivity contribution is 5.16. The van der Waals surface area contributed by atoms with Crippen LogP contribution in [0, 0.1) is 0 Å². The van der Waals surface area contributed by atoms with Crippen molar-refractivity contribution in [3.63, 3.8) is 0 Å². The van der Waals surface area contributed by atoms with Crippen molar-refractivity contribution >= 4 is 0 Å². The maximum atomic E-state index is 5.56. The molecular weight excluding hydrogens is 166 g/mol. The lowest BCUT2D eigenvalue weighted by atomic mass is 9.96. The second kappa shape index (κ2) is 3.70. The standard InChI is InChI=1S/C9H13N3O/c10-5-7-4-9(12-11-6-7)13-8-2-1-3-8/h4,6,8H,1-3,5,10H2. The van der Waals surface area contributed by atoms with Gasteiger partial charge in [0, 0.05) is 12.6 Å². The molecule has 1 aliphatic rings. The second-order valence-corrected chi connectivity index (χ2v) is 3.28. The molecule has 1 aromatic rings. The molecule has 2 rings (SSSR count). The van der Waals surface area contributed by atoms with E-state index >= 15 is 0 Å². The molecule has 13 heavy (non-hydrogen) atoms. The number of hydrogen-bond acceptors (Lipinski definition) is 4. The first-order valence-electron chi connectivity index (χ1n) is 4.57.